The molecule has 0 aliphatic heterocycles. The molecule has 3 rings (SSSR count). The van der Waals surface area contributed by atoms with Crippen LogP contribution in [0.15, 0.2) is 48.7 Å². The van der Waals surface area contributed by atoms with E-state index in [1.807, 2.05) is 42.5 Å². The van der Waals surface area contributed by atoms with Gasteiger partial charge >= 0.3 is 5.97 Å². The van der Waals surface area contributed by atoms with E-state index in [-0.39, 0.29) is 19.0 Å². The van der Waals surface area contributed by atoms with E-state index in [0.29, 0.717) is 25.1 Å². The van der Waals surface area contributed by atoms with E-state index >= 15 is 0 Å². The maximum absolute atomic E-state index is 11.9. The third-order valence-corrected chi connectivity index (χ3v) is 3.91. The number of nitrogens with one attached hydrogen (secondary N) is 1. The van der Waals surface area contributed by atoms with E-state index in [9.17, 15) is 9.59 Å². The molecule has 140 valence electrons. The molecule has 0 bridgehead atoms. The zero-order valence-corrected chi connectivity index (χ0v) is 14.7. The molecular formula is C19H20N4O4. The summed E-state index contributed by atoms with van der Waals surface area (Å²) in [4.78, 5) is 22.5. The summed E-state index contributed by atoms with van der Waals surface area (Å²) < 4.78 is 7.02. The van der Waals surface area contributed by atoms with E-state index in [1.54, 1.807) is 0 Å². The quantitative estimate of drug-likeness (QED) is 0.560. The lowest BCUT2D eigenvalue weighted by Gasteiger charge is -2.09. The second kappa shape index (κ2) is 8.79. The number of aliphatic carboxylic acids is 1. The van der Waals surface area contributed by atoms with Crippen LogP contribution in [0.2, 0.25) is 0 Å². The van der Waals surface area contributed by atoms with Crippen molar-refractivity contribution in [1.82, 2.24) is 20.3 Å². The van der Waals surface area contributed by atoms with Gasteiger partial charge in [0, 0.05) is 11.8 Å². The third-order valence-electron chi connectivity index (χ3n) is 3.91. The van der Waals surface area contributed by atoms with Crippen LogP contribution in [0.3, 0.4) is 0 Å². The highest BCUT2D eigenvalue weighted by molar-refractivity contribution is 5.88. The molecule has 0 aliphatic rings. The fourth-order valence-electron chi connectivity index (χ4n) is 2.65. The Bertz CT molecular complexity index is 933. The standard InChI is InChI=1S/C19H20N4O4/c24-18(20-11-15-12-23(22-21-15)13-19(25)26)9-4-10-27-17-8-3-6-14-5-1-2-7-16(14)17/h1-3,5-8,12H,4,9-11,13H2,(H,20,24)(H,25,26). The van der Waals surface area contributed by atoms with Crippen molar-refractivity contribution in [2.45, 2.75) is 25.9 Å². The van der Waals surface area contributed by atoms with Gasteiger partial charge in [-0.05, 0) is 17.9 Å². The lowest BCUT2D eigenvalue weighted by atomic mass is 10.1. The zero-order chi connectivity index (χ0) is 19.1. The molecule has 2 N–H and O–H groups in total. The van der Waals surface area contributed by atoms with Crippen LogP contribution in [0.1, 0.15) is 18.5 Å². The van der Waals surface area contributed by atoms with Gasteiger partial charge in [-0.3, -0.25) is 9.59 Å². The lowest BCUT2D eigenvalue weighted by Crippen LogP contribution is -2.23. The first-order valence-electron chi connectivity index (χ1n) is 8.60. The van der Waals surface area contributed by atoms with Crippen LogP contribution in [0.5, 0.6) is 5.75 Å². The first kappa shape index (κ1) is 18.4. The normalized spacial score (nSPS) is 10.7. The van der Waals surface area contributed by atoms with Crippen molar-refractivity contribution < 1.29 is 19.4 Å². The summed E-state index contributed by atoms with van der Waals surface area (Å²) in [7, 11) is 0. The number of rotatable bonds is 9. The zero-order valence-electron chi connectivity index (χ0n) is 14.7. The first-order chi connectivity index (χ1) is 13.1. The molecule has 0 radical (unpaired) electrons. The summed E-state index contributed by atoms with van der Waals surface area (Å²) in [5.74, 6) is -0.311. The largest absolute Gasteiger partial charge is 0.493 e. The molecule has 0 atom stereocenters. The van der Waals surface area contributed by atoms with E-state index in [2.05, 4.69) is 15.6 Å². The summed E-state index contributed by atoms with van der Waals surface area (Å²) in [5.41, 5.74) is 0.511. The Morgan fingerprint density at radius 2 is 1.96 bits per heavy atom. The smallest absolute Gasteiger partial charge is 0.325 e. The van der Waals surface area contributed by atoms with Crippen LogP contribution >= 0.6 is 0 Å². The molecule has 1 aromatic heterocycles. The Morgan fingerprint density at radius 3 is 2.81 bits per heavy atom. The van der Waals surface area contributed by atoms with E-state index in [1.165, 1.54) is 10.9 Å². The number of hydrogen-bond donors (Lipinski definition) is 2. The predicted molar refractivity (Wildman–Crippen MR) is 98.2 cm³/mol. The molecule has 3 aromatic rings. The summed E-state index contributed by atoms with van der Waals surface area (Å²) in [6.07, 6.45) is 2.41. The number of aromatic nitrogens is 3. The van der Waals surface area contributed by atoms with Crippen molar-refractivity contribution in [3.05, 3.63) is 54.4 Å². The Hall–Kier alpha value is -3.42. The number of fused-ring (bicyclic) bond motifs is 1. The minimum atomic E-state index is -0.998. The molecule has 8 nitrogen and oxygen atoms in total. The fourth-order valence-corrected chi connectivity index (χ4v) is 2.65. The third kappa shape index (κ3) is 5.27. The number of amides is 1. The number of carboxylic acid groups (broad SMARTS) is 1. The van der Waals surface area contributed by atoms with Gasteiger partial charge in [-0.15, -0.1) is 5.10 Å². The molecule has 0 fully saturated rings. The molecule has 27 heavy (non-hydrogen) atoms. The predicted octanol–water partition coefficient (Wildman–Crippen LogP) is 1.99. The van der Waals surface area contributed by atoms with E-state index in [4.69, 9.17) is 9.84 Å². The number of carbonyl (C=O) groups excluding carboxylic acids is 1. The number of carboxylic acids is 1. The second-order valence-corrected chi connectivity index (χ2v) is 6.01. The van der Waals surface area contributed by atoms with Gasteiger partial charge in [0.2, 0.25) is 5.91 Å². The number of ether oxygens (including phenoxy) is 1. The molecular weight excluding hydrogens is 348 g/mol. The van der Waals surface area contributed by atoms with Gasteiger partial charge in [0.05, 0.1) is 19.3 Å². The molecule has 1 heterocycles. The maximum Gasteiger partial charge on any atom is 0.325 e. The van der Waals surface area contributed by atoms with Gasteiger partial charge in [0.1, 0.15) is 18.0 Å². The van der Waals surface area contributed by atoms with E-state index < -0.39 is 5.97 Å². The van der Waals surface area contributed by atoms with Crippen LogP contribution in [0.25, 0.3) is 10.8 Å². The van der Waals surface area contributed by atoms with Gasteiger partial charge < -0.3 is 15.2 Å². The maximum atomic E-state index is 11.9. The van der Waals surface area contributed by atoms with Gasteiger partial charge in [0.25, 0.3) is 0 Å². The second-order valence-electron chi connectivity index (χ2n) is 6.01. The summed E-state index contributed by atoms with van der Waals surface area (Å²) >= 11 is 0. The molecule has 8 heteroatoms. The Balaban J connectivity index is 1.39. The van der Waals surface area contributed by atoms with Crippen LogP contribution in [0.4, 0.5) is 0 Å². The monoisotopic (exact) mass is 368 g/mol. The molecule has 0 aliphatic carbocycles. The average Bonchev–Trinajstić information content (AvgIpc) is 3.10. The molecule has 0 saturated heterocycles. The summed E-state index contributed by atoms with van der Waals surface area (Å²) in [6.45, 7) is 0.394. The summed E-state index contributed by atoms with van der Waals surface area (Å²) in [5, 5.41) is 21.1. The lowest BCUT2D eigenvalue weighted by molar-refractivity contribution is -0.138. The Kier molecular flexibility index (Phi) is 5.98. The fraction of sp³-hybridized carbons (Fsp3) is 0.263. The highest BCUT2D eigenvalue weighted by Crippen LogP contribution is 2.25. The molecule has 0 unspecified atom stereocenters. The number of benzene rings is 2. The number of nitrogens with zero attached hydrogens (tertiary/aromatic N) is 3. The van der Waals surface area contributed by atoms with Crippen molar-refractivity contribution in [2.24, 2.45) is 0 Å². The topological polar surface area (TPSA) is 106 Å². The van der Waals surface area contributed by atoms with Crippen molar-refractivity contribution in [1.29, 1.82) is 0 Å². The van der Waals surface area contributed by atoms with Crippen molar-refractivity contribution in [3.63, 3.8) is 0 Å². The van der Waals surface area contributed by atoms with Gasteiger partial charge in [-0.2, -0.15) is 0 Å². The van der Waals surface area contributed by atoms with Crippen LogP contribution < -0.4 is 10.1 Å². The van der Waals surface area contributed by atoms with Gasteiger partial charge in [-0.25, -0.2) is 4.68 Å². The number of hydrogen-bond acceptors (Lipinski definition) is 5. The minimum Gasteiger partial charge on any atom is -0.493 e. The minimum absolute atomic E-state index is 0.121. The van der Waals surface area contributed by atoms with Crippen LogP contribution in [0, 0.1) is 0 Å². The molecule has 1 amide bonds. The van der Waals surface area contributed by atoms with Crippen molar-refractivity contribution >= 4 is 22.6 Å². The highest BCUT2D eigenvalue weighted by Gasteiger charge is 2.07. The highest BCUT2D eigenvalue weighted by atomic mass is 16.5. The van der Waals surface area contributed by atoms with Gasteiger partial charge in [-0.1, -0.05) is 41.6 Å². The van der Waals surface area contributed by atoms with Crippen molar-refractivity contribution in [3.8, 4) is 5.75 Å². The van der Waals surface area contributed by atoms with Crippen molar-refractivity contribution in [2.75, 3.05) is 6.61 Å². The average molecular weight is 368 g/mol. The first-order valence-corrected chi connectivity index (χ1v) is 8.60. The Labute approximate surface area is 155 Å². The molecule has 2 aromatic carbocycles. The SMILES string of the molecule is O=C(O)Cn1cc(CNC(=O)CCCOc2cccc3ccccc23)nn1. The number of carbonyl (C=O) groups is 2. The summed E-state index contributed by atoms with van der Waals surface area (Å²) in [6, 6.07) is 13.9. The van der Waals surface area contributed by atoms with E-state index in [0.717, 1.165) is 16.5 Å². The van der Waals surface area contributed by atoms with Gasteiger partial charge in [0.15, 0.2) is 0 Å². The Morgan fingerprint density at radius 1 is 1.15 bits per heavy atom. The molecule has 0 saturated carbocycles. The van der Waals surface area contributed by atoms with Crippen LogP contribution in [-0.4, -0.2) is 38.6 Å². The van der Waals surface area contributed by atoms with Crippen LogP contribution in [-0.2, 0) is 22.7 Å². The molecule has 0 spiro atoms.